The van der Waals surface area contributed by atoms with Crippen LogP contribution in [-0.4, -0.2) is 46.5 Å². The number of fused-ring (bicyclic) bond motifs is 1. The second kappa shape index (κ2) is 8.81. The minimum absolute atomic E-state index is 0.0167. The minimum atomic E-state index is -0.0167. The number of benzene rings is 2. The molecule has 2 aromatic rings. The smallest absolute Gasteiger partial charge is 0.237 e. The molecule has 29 heavy (non-hydrogen) atoms. The van der Waals surface area contributed by atoms with Gasteiger partial charge in [-0.3, -0.25) is 14.5 Å². The highest BCUT2D eigenvalue weighted by Crippen LogP contribution is 2.35. The Morgan fingerprint density at radius 3 is 2.86 bits per heavy atom. The van der Waals surface area contributed by atoms with Crippen LogP contribution in [0, 0.1) is 6.92 Å². The third-order valence-electron chi connectivity index (χ3n) is 4.89. The molecule has 0 saturated carbocycles. The van der Waals surface area contributed by atoms with Crippen LogP contribution in [0.1, 0.15) is 12.0 Å². The van der Waals surface area contributed by atoms with Crippen molar-refractivity contribution in [1.82, 2.24) is 4.90 Å². The Morgan fingerprint density at radius 2 is 2.00 bits per heavy atom. The molecule has 4 rings (SSSR count). The van der Waals surface area contributed by atoms with E-state index in [-0.39, 0.29) is 18.2 Å². The Morgan fingerprint density at radius 1 is 1.17 bits per heavy atom. The molecule has 8 heteroatoms. The van der Waals surface area contributed by atoms with E-state index in [0.717, 1.165) is 27.6 Å². The lowest BCUT2D eigenvalue weighted by atomic mass is 10.2. The van der Waals surface area contributed by atoms with Gasteiger partial charge in [0.05, 0.1) is 17.1 Å². The van der Waals surface area contributed by atoms with Crippen LogP contribution in [-0.2, 0) is 9.59 Å². The summed E-state index contributed by atoms with van der Waals surface area (Å²) in [6.07, 6.45) is 0.263. The number of anilines is 1. The first kappa shape index (κ1) is 20.3. The molecule has 0 radical (unpaired) electrons. The molecule has 0 aromatic heterocycles. The van der Waals surface area contributed by atoms with Gasteiger partial charge >= 0.3 is 0 Å². The second-order valence-corrected chi connectivity index (χ2v) is 9.21. The summed E-state index contributed by atoms with van der Waals surface area (Å²) < 4.78 is 0. The summed E-state index contributed by atoms with van der Waals surface area (Å²) in [6, 6.07) is 13.4. The van der Waals surface area contributed by atoms with Gasteiger partial charge in [0.25, 0.3) is 0 Å². The number of carbonyl (C=O) groups is 2. The van der Waals surface area contributed by atoms with Crippen molar-refractivity contribution in [2.24, 2.45) is 4.99 Å². The number of halogens is 1. The molecular formula is C21H20ClN3O2S2. The van der Waals surface area contributed by atoms with Gasteiger partial charge in [-0.05, 0) is 36.8 Å². The summed E-state index contributed by atoms with van der Waals surface area (Å²) >= 11 is 9.30. The van der Waals surface area contributed by atoms with Crippen molar-refractivity contribution in [2.45, 2.75) is 18.2 Å². The average Bonchev–Trinajstić information content (AvgIpc) is 3.19. The minimum Gasteiger partial charge on any atom is -0.310 e. The van der Waals surface area contributed by atoms with Gasteiger partial charge in [-0.2, -0.15) is 0 Å². The second-order valence-electron chi connectivity index (χ2n) is 6.72. The topological polar surface area (TPSA) is 53.0 Å². The fraction of sp³-hybridized carbons (Fsp3) is 0.286. The normalized spacial score (nSPS) is 17.7. The van der Waals surface area contributed by atoms with Gasteiger partial charge in [-0.25, -0.2) is 4.99 Å². The van der Waals surface area contributed by atoms with E-state index in [9.17, 15) is 9.59 Å². The number of para-hydroxylation sites is 1. The van der Waals surface area contributed by atoms with Gasteiger partial charge in [0.2, 0.25) is 11.8 Å². The van der Waals surface area contributed by atoms with Gasteiger partial charge in [0, 0.05) is 35.2 Å². The molecule has 0 atom stereocenters. The molecule has 2 aliphatic heterocycles. The van der Waals surface area contributed by atoms with E-state index in [1.165, 1.54) is 0 Å². The largest absolute Gasteiger partial charge is 0.310 e. The summed E-state index contributed by atoms with van der Waals surface area (Å²) in [6.45, 7) is 2.92. The molecule has 0 aliphatic carbocycles. The number of aliphatic imine (C=N–C) groups is 1. The Labute approximate surface area is 183 Å². The van der Waals surface area contributed by atoms with Crippen molar-refractivity contribution in [3.8, 4) is 0 Å². The fourth-order valence-corrected chi connectivity index (χ4v) is 5.36. The number of carbonyl (C=O) groups excluding carboxylic acids is 2. The lowest BCUT2D eigenvalue weighted by molar-refractivity contribution is -0.126. The number of rotatable bonds is 4. The lowest BCUT2D eigenvalue weighted by Gasteiger charge is -2.29. The van der Waals surface area contributed by atoms with Gasteiger partial charge < -0.3 is 4.90 Å². The molecule has 150 valence electrons. The zero-order chi connectivity index (χ0) is 20.4. The van der Waals surface area contributed by atoms with Crippen molar-refractivity contribution in [3.63, 3.8) is 0 Å². The number of nitrogens with zero attached hydrogens (tertiary/aromatic N) is 3. The van der Waals surface area contributed by atoms with Crippen LogP contribution in [0.15, 0.2) is 52.4 Å². The van der Waals surface area contributed by atoms with Crippen molar-refractivity contribution < 1.29 is 9.59 Å². The van der Waals surface area contributed by atoms with E-state index in [1.807, 2.05) is 49.4 Å². The van der Waals surface area contributed by atoms with Crippen LogP contribution < -0.4 is 4.90 Å². The predicted octanol–water partition coefficient (Wildman–Crippen LogP) is 4.74. The summed E-state index contributed by atoms with van der Waals surface area (Å²) in [4.78, 5) is 34.5. The number of hydrogen-bond donors (Lipinski definition) is 0. The maximum absolute atomic E-state index is 12.9. The molecule has 1 saturated heterocycles. The van der Waals surface area contributed by atoms with Gasteiger partial charge in [0.1, 0.15) is 0 Å². The van der Waals surface area contributed by atoms with Crippen LogP contribution in [0.4, 0.5) is 11.4 Å². The first-order chi connectivity index (χ1) is 14.0. The molecule has 0 unspecified atom stereocenters. The van der Waals surface area contributed by atoms with Crippen molar-refractivity contribution in [1.29, 1.82) is 0 Å². The Balaban J connectivity index is 1.48. The first-order valence-electron chi connectivity index (χ1n) is 9.34. The summed E-state index contributed by atoms with van der Waals surface area (Å²) in [5.74, 6) is 1.25. The summed E-state index contributed by atoms with van der Waals surface area (Å²) in [5.41, 5.74) is 2.56. The average molecular weight is 446 g/mol. The highest BCUT2D eigenvalue weighted by atomic mass is 35.5. The zero-order valence-electron chi connectivity index (χ0n) is 15.9. The van der Waals surface area contributed by atoms with Crippen molar-refractivity contribution in [2.75, 3.05) is 29.5 Å². The summed E-state index contributed by atoms with van der Waals surface area (Å²) in [7, 11) is 0. The van der Waals surface area contributed by atoms with Crippen LogP contribution in [0.25, 0.3) is 0 Å². The predicted molar refractivity (Wildman–Crippen MR) is 122 cm³/mol. The van der Waals surface area contributed by atoms with Crippen molar-refractivity contribution in [3.05, 3.63) is 53.1 Å². The van der Waals surface area contributed by atoms with Gasteiger partial charge in [-0.1, -0.05) is 41.6 Å². The van der Waals surface area contributed by atoms with Crippen LogP contribution in [0.3, 0.4) is 0 Å². The Hall–Kier alpha value is -1.96. The lowest BCUT2D eigenvalue weighted by Crippen LogP contribution is -2.39. The number of thioether (sulfide) groups is 2. The molecule has 2 amide bonds. The molecule has 0 bridgehead atoms. The molecule has 1 fully saturated rings. The summed E-state index contributed by atoms with van der Waals surface area (Å²) in [5, 5.41) is 1.36. The molecule has 0 N–H and O–H groups in total. The molecule has 0 spiro atoms. The highest BCUT2D eigenvalue weighted by molar-refractivity contribution is 8.14. The van der Waals surface area contributed by atoms with E-state index < -0.39 is 0 Å². The monoisotopic (exact) mass is 445 g/mol. The number of amides is 2. The SMILES string of the molecule is Cc1c(Cl)cccc1N=C1SCCN1C(=O)CCN1C(=O)CSc2ccccc21. The Kier molecular flexibility index (Phi) is 6.18. The van der Waals surface area contributed by atoms with Crippen LogP contribution in [0.2, 0.25) is 5.02 Å². The molecule has 2 aromatic carbocycles. The maximum atomic E-state index is 12.9. The molecule has 2 heterocycles. The van der Waals surface area contributed by atoms with E-state index in [2.05, 4.69) is 4.99 Å². The third-order valence-corrected chi connectivity index (χ3v) is 7.30. The van der Waals surface area contributed by atoms with Crippen LogP contribution >= 0.6 is 35.1 Å². The molecule has 5 nitrogen and oxygen atoms in total. The number of hydrogen-bond acceptors (Lipinski definition) is 5. The van der Waals surface area contributed by atoms with E-state index in [1.54, 1.807) is 33.3 Å². The standard InChI is InChI=1S/C21H20ClN3O2S2/c1-14-15(22)5-4-6-16(14)23-21-25(11-12-28-21)19(26)9-10-24-17-7-2-3-8-18(17)29-13-20(24)27/h2-8H,9-13H2,1H3. The number of amidine groups is 1. The van der Waals surface area contributed by atoms with Gasteiger partial charge in [0.15, 0.2) is 5.17 Å². The Bertz CT molecular complexity index is 996. The van der Waals surface area contributed by atoms with Crippen molar-refractivity contribution >= 4 is 63.5 Å². The molecule has 2 aliphatic rings. The van der Waals surface area contributed by atoms with E-state index >= 15 is 0 Å². The van der Waals surface area contributed by atoms with Crippen LogP contribution in [0.5, 0.6) is 0 Å². The van der Waals surface area contributed by atoms with Gasteiger partial charge in [-0.15, -0.1) is 11.8 Å². The molecular weight excluding hydrogens is 426 g/mol. The maximum Gasteiger partial charge on any atom is 0.237 e. The first-order valence-corrected chi connectivity index (χ1v) is 11.7. The quantitative estimate of drug-likeness (QED) is 0.682. The highest BCUT2D eigenvalue weighted by Gasteiger charge is 2.29. The van der Waals surface area contributed by atoms with E-state index in [0.29, 0.717) is 29.0 Å². The van der Waals surface area contributed by atoms with E-state index in [4.69, 9.17) is 11.6 Å². The zero-order valence-corrected chi connectivity index (χ0v) is 18.3. The third kappa shape index (κ3) is 4.32. The fourth-order valence-electron chi connectivity index (χ4n) is 3.29.